The summed E-state index contributed by atoms with van der Waals surface area (Å²) < 4.78 is 5.67. The molecular weight excluding hydrogens is 304 g/mol. The lowest BCUT2D eigenvalue weighted by Gasteiger charge is -2.10. The number of nitrogens with one attached hydrogen (secondary N) is 2. The van der Waals surface area contributed by atoms with Gasteiger partial charge in [0.2, 0.25) is 0 Å². The number of oxazole rings is 1. The minimum absolute atomic E-state index is 0.181. The molecule has 0 radical (unpaired) electrons. The molecule has 122 valence electrons. The topological polar surface area (TPSA) is 70.4 Å². The second-order valence-electron chi connectivity index (χ2n) is 6.04. The average Bonchev–Trinajstić information content (AvgIpc) is 3.21. The molecule has 0 spiro atoms. The van der Waals surface area contributed by atoms with Gasteiger partial charge in [-0.15, -0.1) is 0 Å². The Hall–Kier alpha value is -2.86. The molecule has 6 nitrogen and oxygen atoms in total. The number of para-hydroxylation sites is 1. The minimum Gasteiger partial charge on any atom is -0.423 e. The number of aromatic nitrogens is 1. The second kappa shape index (κ2) is 5.65. The van der Waals surface area contributed by atoms with Gasteiger partial charge in [0.15, 0.2) is 5.58 Å². The number of hydrogen-bond acceptors (Lipinski definition) is 5. The largest absolute Gasteiger partial charge is 0.423 e. The summed E-state index contributed by atoms with van der Waals surface area (Å²) in [5.74, 6) is -0.181. The number of amides is 1. The molecule has 0 unspecified atom stereocenters. The van der Waals surface area contributed by atoms with E-state index in [0.29, 0.717) is 22.7 Å². The predicted molar refractivity (Wildman–Crippen MR) is 93.3 cm³/mol. The maximum absolute atomic E-state index is 12.8. The zero-order valence-electron chi connectivity index (χ0n) is 13.6. The molecule has 0 aliphatic carbocycles. The molecule has 1 amide bonds. The molecular formula is C18H18N4O2. The summed E-state index contributed by atoms with van der Waals surface area (Å²) in [6.45, 7) is 1.61. The van der Waals surface area contributed by atoms with Crippen LogP contribution in [0.3, 0.4) is 0 Å². The molecule has 1 aromatic heterocycles. The van der Waals surface area contributed by atoms with Crippen LogP contribution in [-0.4, -0.2) is 25.0 Å². The Bertz CT molecular complexity index is 930. The molecule has 3 aromatic rings. The summed E-state index contributed by atoms with van der Waals surface area (Å²) in [7, 11) is 3.70. The highest BCUT2D eigenvalue weighted by Crippen LogP contribution is 2.27. The van der Waals surface area contributed by atoms with Crippen LogP contribution in [0.1, 0.15) is 21.5 Å². The van der Waals surface area contributed by atoms with E-state index in [1.165, 1.54) is 5.56 Å². The van der Waals surface area contributed by atoms with Gasteiger partial charge in [-0.3, -0.25) is 4.79 Å². The number of hydrogen-bond donors (Lipinski definition) is 2. The van der Waals surface area contributed by atoms with Crippen LogP contribution in [0.2, 0.25) is 0 Å². The van der Waals surface area contributed by atoms with Gasteiger partial charge in [-0.25, -0.2) is 0 Å². The number of carbonyl (C=O) groups is 1. The third-order valence-electron chi connectivity index (χ3n) is 4.17. The maximum atomic E-state index is 12.8. The van der Waals surface area contributed by atoms with Gasteiger partial charge in [-0.05, 0) is 29.3 Å². The smallest absolute Gasteiger partial charge is 0.297 e. The van der Waals surface area contributed by atoms with E-state index in [0.717, 1.165) is 24.3 Å². The molecule has 0 fully saturated rings. The second-order valence-corrected chi connectivity index (χ2v) is 6.04. The van der Waals surface area contributed by atoms with E-state index in [9.17, 15) is 4.79 Å². The molecule has 0 bridgehead atoms. The van der Waals surface area contributed by atoms with Crippen molar-refractivity contribution in [2.24, 2.45) is 0 Å². The molecule has 1 aliphatic rings. The molecule has 2 aromatic carbocycles. The van der Waals surface area contributed by atoms with Crippen LogP contribution < -0.4 is 15.5 Å². The Balaban J connectivity index is 1.70. The van der Waals surface area contributed by atoms with Crippen molar-refractivity contribution >= 4 is 28.7 Å². The van der Waals surface area contributed by atoms with Crippen LogP contribution in [0.15, 0.2) is 40.8 Å². The van der Waals surface area contributed by atoms with Gasteiger partial charge < -0.3 is 20.0 Å². The van der Waals surface area contributed by atoms with Crippen molar-refractivity contribution in [3.63, 3.8) is 0 Å². The van der Waals surface area contributed by atoms with Crippen molar-refractivity contribution in [3.8, 4) is 0 Å². The number of fused-ring (bicyclic) bond motifs is 2. The molecule has 2 heterocycles. The highest BCUT2D eigenvalue weighted by molar-refractivity contribution is 6.11. The van der Waals surface area contributed by atoms with E-state index in [1.54, 1.807) is 17.0 Å². The summed E-state index contributed by atoms with van der Waals surface area (Å²) in [6, 6.07) is 11.8. The number of rotatable bonds is 3. The van der Waals surface area contributed by atoms with Gasteiger partial charge in [0, 0.05) is 32.9 Å². The van der Waals surface area contributed by atoms with Crippen molar-refractivity contribution in [1.29, 1.82) is 0 Å². The summed E-state index contributed by atoms with van der Waals surface area (Å²) in [5, 5.41) is 6.32. The first kappa shape index (κ1) is 14.7. The zero-order valence-corrected chi connectivity index (χ0v) is 13.6. The molecule has 0 saturated carbocycles. The number of carbonyl (C=O) groups excluding carboxylic acids is 1. The Labute approximate surface area is 139 Å². The highest BCUT2D eigenvalue weighted by Gasteiger charge is 2.19. The molecule has 6 heteroatoms. The normalized spacial score (nSPS) is 13.1. The standard InChI is InChI=1S/C18H18N4O2/c1-22(2)18-21-16-12(6-4-8-15(16)24-18)17(23)20-14-7-3-5-11-9-19-10-13(11)14/h3-8,19H,9-10H2,1-2H3,(H,20,23). The van der Waals surface area contributed by atoms with Crippen LogP contribution in [-0.2, 0) is 13.1 Å². The van der Waals surface area contributed by atoms with E-state index in [1.807, 2.05) is 32.3 Å². The average molecular weight is 322 g/mol. The number of anilines is 2. The van der Waals surface area contributed by atoms with Crippen molar-refractivity contribution in [2.45, 2.75) is 13.1 Å². The van der Waals surface area contributed by atoms with Crippen molar-refractivity contribution in [1.82, 2.24) is 10.3 Å². The third-order valence-corrected chi connectivity index (χ3v) is 4.17. The van der Waals surface area contributed by atoms with Crippen molar-refractivity contribution < 1.29 is 9.21 Å². The first-order chi connectivity index (χ1) is 11.6. The van der Waals surface area contributed by atoms with Crippen LogP contribution in [0, 0.1) is 0 Å². The number of nitrogens with zero attached hydrogens (tertiary/aromatic N) is 2. The minimum atomic E-state index is -0.181. The van der Waals surface area contributed by atoms with Gasteiger partial charge in [0.1, 0.15) is 5.52 Å². The van der Waals surface area contributed by atoms with E-state index in [4.69, 9.17) is 4.42 Å². The maximum Gasteiger partial charge on any atom is 0.297 e. The fourth-order valence-corrected chi connectivity index (χ4v) is 2.95. The fourth-order valence-electron chi connectivity index (χ4n) is 2.95. The SMILES string of the molecule is CN(C)c1nc2c(C(=O)Nc3cccc4c3CNC4)cccc2o1. The molecule has 0 saturated heterocycles. The molecule has 24 heavy (non-hydrogen) atoms. The van der Waals surface area contributed by atoms with Gasteiger partial charge in [-0.2, -0.15) is 4.98 Å². The molecule has 1 aliphatic heterocycles. The fraction of sp³-hybridized carbons (Fsp3) is 0.222. The van der Waals surface area contributed by atoms with Crippen molar-refractivity contribution in [2.75, 3.05) is 24.3 Å². The molecule has 4 rings (SSSR count). The molecule has 2 N–H and O–H groups in total. The van der Waals surface area contributed by atoms with Crippen LogP contribution in [0.5, 0.6) is 0 Å². The monoisotopic (exact) mass is 322 g/mol. The summed E-state index contributed by atoms with van der Waals surface area (Å²) in [5.41, 5.74) is 4.90. The summed E-state index contributed by atoms with van der Waals surface area (Å²) in [6.07, 6.45) is 0. The van der Waals surface area contributed by atoms with Gasteiger partial charge >= 0.3 is 0 Å². The Kier molecular flexibility index (Phi) is 3.46. The Morgan fingerprint density at radius 1 is 1.21 bits per heavy atom. The first-order valence-electron chi connectivity index (χ1n) is 7.83. The quantitative estimate of drug-likeness (QED) is 0.776. The molecule has 0 atom stereocenters. The van der Waals surface area contributed by atoms with Crippen molar-refractivity contribution in [3.05, 3.63) is 53.1 Å². The van der Waals surface area contributed by atoms with E-state index < -0.39 is 0 Å². The Morgan fingerprint density at radius 3 is 2.88 bits per heavy atom. The van der Waals surface area contributed by atoms with Crippen LogP contribution in [0.25, 0.3) is 11.1 Å². The zero-order chi connectivity index (χ0) is 16.7. The summed E-state index contributed by atoms with van der Waals surface area (Å²) >= 11 is 0. The lowest BCUT2D eigenvalue weighted by Crippen LogP contribution is -2.14. The lowest BCUT2D eigenvalue weighted by atomic mass is 10.1. The van der Waals surface area contributed by atoms with Crippen LogP contribution in [0.4, 0.5) is 11.7 Å². The predicted octanol–water partition coefficient (Wildman–Crippen LogP) is 2.75. The van der Waals surface area contributed by atoms with E-state index in [-0.39, 0.29) is 5.91 Å². The Morgan fingerprint density at radius 2 is 2.04 bits per heavy atom. The van der Waals surface area contributed by atoms with E-state index >= 15 is 0 Å². The number of benzene rings is 2. The highest BCUT2D eigenvalue weighted by atomic mass is 16.4. The first-order valence-corrected chi connectivity index (χ1v) is 7.83. The summed E-state index contributed by atoms with van der Waals surface area (Å²) in [4.78, 5) is 19.0. The van der Waals surface area contributed by atoms with Gasteiger partial charge in [0.25, 0.3) is 11.9 Å². The van der Waals surface area contributed by atoms with Gasteiger partial charge in [-0.1, -0.05) is 18.2 Å². The van der Waals surface area contributed by atoms with Gasteiger partial charge in [0.05, 0.1) is 5.56 Å². The van der Waals surface area contributed by atoms with E-state index in [2.05, 4.69) is 21.7 Å². The third kappa shape index (κ3) is 2.41. The lowest BCUT2D eigenvalue weighted by molar-refractivity contribution is 0.102. The van der Waals surface area contributed by atoms with Crippen LogP contribution >= 0.6 is 0 Å².